The van der Waals surface area contributed by atoms with Gasteiger partial charge in [0.15, 0.2) is 0 Å². The molecule has 1 saturated carbocycles. The van der Waals surface area contributed by atoms with Crippen LogP contribution in [-0.4, -0.2) is 27.6 Å². The first-order valence-corrected chi connectivity index (χ1v) is 8.86. The van der Waals surface area contributed by atoms with Crippen molar-refractivity contribution in [3.63, 3.8) is 0 Å². The maximum Gasteiger partial charge on any atom is 0.255 e. The molecule has 5 nitrogen and oxygen atoms in total. The monoisotopic (exact) mass is 325 g/mol. The van der Waals surface area contributed by atoms with Crippen molar-refractivity contribution in [3.8, 4) is 5.75 Å². The zero-order chi connectivity index (χ0) is 16.4. The first-order valence-electron chi connectivity index (χ1n) is 8.86. The van der Waals surface area contributed by atoms with Gasteiger partial charge in [-0.25, -0.2) is 4.98 Å². The Morgan fingerprint density at radius 2 is 2.04 bits per heavy atom. The number of hydrogen-bond donors (Lipinski definition) is 1. The van der Waals surface area contributed by atoms with Crippen LogP contribution in [0.15, 0.2) is 36.7 Å². The van der Waals surface area contributed by atoms with E-state index in [1.807, 2.05) is 36.7 Å². The van der Waals surface area contributed by atoms with Gasteiger partial charge in [-0.05, 0) is 44.2 Å². The molecule has 2 aromatic rings. The van der Waals surface area contributed by atoms with Crippen molar-refractivity contribution >= 4 is 5.91 Å². The van der Waals surface area contributed by atoms with Gasteiger partial charge in [0.1, 0.15) is 11.6 Å². The number of hydrogen-bond acceptors (Lipinski definition) is 3. The minimum absolute atomic E-state index is 0.0443. The Kier molecular flexibility index (Phi) is 4.24. The first-order chi connectivity index (χ1) is 11.8. The van der Waals surface area contributed by atoms with Gasteiger partial charge in [0.25, 0.3) is 5.91 Å². The second-order valence-electron chi connectivity index (χ2n) is 6.73. The van der Waals surface area contributed by atoms with E-state index < -0.39 is 0 Å². The van der Waals surface area contributed by atoms with Crippen molar-refractivity contribution < 1.29 is 9.53 Å². The Balaban J connectivity index is 1.44. The fourth-order valence-corrected chi connectivity index (χ4v) is 3.69. The molecule has 0 bridgehead atoms. The zero-order valence-electron chi connectivity index (χ0n) is 13.8. The molecule has 1 aliphatic carbocycles. The maximum absolute atomic E-state index is 12.7. The van der Waals surface area contributed by atoms with Gasteiger partial charge in [-0.1, -0.05) is 12.1 Å². The number of nitrogens with one attached hydrogen (secondary N) is 1. The Morgan fingerprint density at radius 3 is 2.92 bits per heavy atom. The van der Waals surface area contributed by atoms with Crippen molar-refractivity contribution in [2.75, 3.05) is 0 Å². The number of benzene rings is 1. The van der Waals surface area contributed by atoms with Crippen LogP contribution in [0.5, 0.6) is 5.75 Å². The average Bonchev–Trinajstić information content (AvgIpc) is 3.26. The van der Waals surface area contributed by atoms with Crippen molar-refractivity contribution in [2.24, 2.45) is 0 Å². The molecular weight excluding hydrogens is 302 g/mol. The second kappa shape index (κ2) is 6.67. The minimum atomic E-state index is -0.0443. The fraction of sp³-hybridized carbons (Fsp3) is 0.474. The lowest BCUT2D eigenvalue weighted by Gasteiger charge is -2.25. The third kappa shape index (κ3) is 3.16. The van der Waals surface area contributed by atoms with Gasteiger partial charge in [-0.3, -0.25) is 4.79 Å². The van der Waals surface area contributed by atoms with Crippen LogP contribution in [-0.2, 0) is 13.0 Å². The van der Waals surface area contributed by atoms with Gasteiger partial charge in [0.05, 0.1) is 11.7 Å². The molecule has 24 heavy (non-hydrogen) atoms. The molecule has 1 aromatic heterocycles. The van der Waals surface area contributed by atoms with E-state index in [0.717, 1.165) is 38.1 Å². The van der Waals surface area contributed by atoms with Gasteiger partial charge in [0, 0.05) is 31.4 Å². The third-order valence-electron chi connectivity index (χ3n) is 5.00. The number of amides is 1. The summed E-state index contributed by atoms with van der Waals surface area (Å²) >= 11 is 0. The molecule has 4 rings (SSSR count). The van der Waals surface area contributed by atoms with E-state index in [2.05, 4.69) is 14.9 Å². The van der Waals surface area contributed by atoms with E-state index in [0.29, 0.717) is 11.3 Å². The van der Waals surface area contributed by atoms with Gasteiger partial charge in [-0.15, -0.1) is 0 Å². The second-order valence-corrected chi connectivity index (χ2v) is 6.73. The molecule has 0 unspecified atom stereocenters. The molecule has 0 spiro atoms. The minimum Gasteiger partial charge on any atom is -0.490 e. The number of aryl methyl sites for hydroxylation is 1. The summed E-state index contributed by atoms with van der Waals surface area (Å²) in [5, 5.41) is 3.16. The quantitative estimate of drug-likeness (QED) is 0.940. The Morgan fingerprint density at radius 1 is 1.21 bits per heavy atom. The van der Waals surface area contributed by atoms with Crippen molar-refractivity contribution in [1.29, 1.82) is 0 Å². The maximum atomic E-state index is 12.7. The van der Waals surface area contributed by atoms with Crippen molar-refractivity contribution in [2.45, 2.75) is 57.2 Å². The van der Waals surface area contributed by atoms with E-state index in [1.165, 1.54) is 12.8 Å². The van der Waals surface area contributed by atoms with E-state index in [4.69, 9.17) is 4.74 Å². The molecule has 0 radical (unpaired) electrons. The van der Waals surface area contributed by atoms with E-state index >= 15 is 0 Å². The number of aromatic nitrogens is 2. The van der Waals surface area contributed by atoms with Gasteiger partial charge in [-0.2, -0.15) is 0 Å². The highest BCUT2D eigenvalue weighted by molar-refractivity contribution is 5.97. The van der Waals surface area contributed by atoms with Gasteiger partial charge in [0.2, 0.25) is 0 Å². The molecule has 1 fully saturated rings. The van der Waals surface area contributed by atoms with Crippen LogP contribution < -0.4 is 10.1 Å². The summed E-state index contributed by atoms with van der Waals surface area (Å²) in [6.07, 6.45) is 10.5. The first kappa shape index (κ1) is 15.2. The van der Waals surface area contributed by atoms with Crippen LogP contribution in [0.2, 0.25) is 0 Å². The lowest BCUT2D eigenvalue weighted by Crippen LogP contribution is -2.41. The largest absolute Gasteiger partial charge is 0.490 e. The fourth-order valence-electron chi connectivity index (χ4n) is 3.69. The Labute approximate surface area is 142 Å². The topological polar surface area (TPSA) is 56.2 Å². The van der Waals surface area contributed by atoms with Crippen LogP contribution >= 0.6 is 0 Å². The number of imidazole rings is 1. The predicted octanol–water partition coefficient (Wildman–Crippen LogP) is 2.95. The summed E-state index contributed by atoms with van der Waals surface area (Å²) in [4.78, 5) is 17.1. The number of fused-ring (bicyclic) bond motifs is 1. The van der Waals surface area contributed by atoms with Crippen LogP contribution in [0.1, 0.15) is 48.3 Å². The smallest absolute Gasteiger partial charge is 0.255 e. The summed E-state index contributed by atoms with van der Waals surface area (Å²) in [7, 11) is 0. The van der Waals surface area contributed by atoms with Gasteiger partial charge >= 0.3 is 0 Å². The number of carbonyl (C=O) groups is 1. The summed E-state index contributed by atoms with van der Waals surface area (Å²) in [5.74, 6) is 1.77. The number of rotatable bonds is 4. The lowest BCUT2D eigenvalue weighted by molar-refractivity contribution is 0.0920. The van der Waals surface area contributed by atoms with Crippen molar-refractivity contribution in [1.82, 2.24) is 14.9 Å². The standard InChI is InChI=1S/C19H23N3O2/c23-19(21-14-9-10-18-20-11-12-22(18)13-14)16-7-3-4-8-17(16)24-15-5-1-2-6-15/h3-4,7-8,11-12,14-15H,1-2,5-6,9-10,13H2,(H,21,23)/t14-/m1/s1. The molecule has 1 N–H and O–H groups in total. The zero-order valence-corrected chi connectivity index (χ0v) is 13.8. The normalized spacial score (nSPS) is 20.6. The highest BCUT2D eigenvalue weighted by atomic mass is 16.5. The number of nitrogens with zero attached hydrogens (tertiary/aromatic N) is 2. The molecule has 1 aromatic carbocycles. The Bertz CT molecular complexity index is 719. The molecule has 1 aliphatic heterocycles. The highest BCUT2D eigenvalue weighted by Gasteiger charge is 2.23. The van der Waals surface area contributed by atoms with E-state index in [1.54, 1.807) is 0 Å². The average molecular weight is 325 g/mol. The number of para-hydroxylation sites is 1. The molecule has 2 heterocycles. The summed E-state index contributed by atoms with van der Waals surface area (Å²) in [6.45, 7) is 0.784. The SMILES string of the molecule is O=C(N[C@@H]1CCc2nccn2C1)c1ccccc1OC1CCCC1. The predicted molar refractivity (Wildman–Crippen MR) is 91.1 cm³/mol. The van der Waals surface area contributed by atoms with E-state index in [9.17, 15) is 4.79 Å². The highest BCUT2D eigenvalue weighted by Crippen LogP contribution is 2.27. The summed E-state index contributed by atoms with van der Waals surface area (Å²) in [6, 6.07) is 7.72. The third-order valence-corrected chi connectivity index (χ3v) is 5.00. The lowest BCUT2D eigenvalue weighted by atomic mass is 10.1. The summed E-state index contributed by atoms with van der Waals surface area (Å²) in [5.41, 5.74) is 0.640. The molecule has 1 amide bonds. The molecular formula is C19H23N3O2. The van der Waals surface area contributed by atoms with Crippen LogP contribution in [0, 0.1) is 0 Å². The van der Waals surface area contributed by atoms with Gasteiger partial charge < -0.3 is 14.6 Å². The molecule has 1 atom stereocenters. The summed E-state index contributed by atoms with van der Waals surface area (Å²) < 4.78 is 8.20. The molecule has 126 valence electrons. The van der Waals surface area contributed by atoms with Crippen LogP contribution in [0.3, 0.4) is 0 Å². The molecule has 2 aliphatic rings. The van der Waals surface area contributed by atoms with Crippen LogP contribution in [0.4, 0.5) is 0 Å². The molecule has 0 saturated heterocycles. The van der Waals surface area contributed by atoms with Crippen molar-refractivity contribution in [3.05, 3.63) is 48.0 Å². The molecule has 5 heteroatoms. The number of carbonyl (C=O) groups excluding carboxylic acids is 1. The Hall–Kier alpha value is -2.30. The van der Waals surface area contributed by atoms with E-state index in [-0.39, 0.29) is 18.1 Å². The van der Waals surface area contributed by atoms with Crippen LogP contribution in [0.25, 0.3) is 0 Å². The number of ether oxygens (including phenoxy) is 1.